The fraction of sp³-hybridized carbons (Fsp3) is 0.381. The maximum Gasteiger partial charge on any atom is 0.140 e. The minimum absolute atomic E-state index is 0.691. The predicted molar refractivity (Wildman–Crippen MR) is 112 cm³/mol. The van der Waals surface area contributed by atoms with Gasteiger partial charge in [0, 0.05) is 51.3 Å². The van der Waals surface area contributed by atoms with Crippen LogP contribution in [-0.2, 0) is 6.54 Å². The van der Waals surface area contributed by atoms with Gasteiger partial charge in [0.2, 0.25) is 0 Å². The second-order valence-electron chi connectivity index (χ2n) is 7.02. The van der Waals surface area contributed by atoms with Crippen LogP contribution in [0.2, 0.25) is 0 Å². The van der Waals surface area contributed by atoms with E-state index in [-0.39, 0.29) is 0 Å². The van der Waals surface area contributed by atoms with Gasteiger partial charge in [-0.25, -0.2) is 15.0 Å². The first kappa shape index (κ1) is 18.4. The molecule has 0 radical (unpaired) electrons. The Hall–Kier alpha value is -2.93. The van der Waals surface area contributed by atoms with Crippen molar-refractivity contribution < 1.29 is 0 Å². The van der Waals surface area contributed by atoms with Gasteiger partial charge in [-0.2, -0.15) is 0 Å². The van der Waals surface area contributed by atoms with Gasteiger partial charge in [0.05, 0.1) is 0 Å². The first-order valence-corrected chi connectivity index (χ1v) is 9.86. The first-order valence-electron chi connectivity index (χ1n) is 9.86. The molecular weight excluding hydrogens is 350 g/mol. The van der Waals surface area contributed by atoms with Crippen molar-refractivity contribution in [3.05, 3.63) is 60.3 Å². The minimum Gasteiger partial charge on any atom is -0.366 e. The number of aryl methyl sites for hydroxylation is 1. The lowest BCUT2D eigenvalue weighted by molar-refractivity contribution is 0.270. The predicted octanol–water partition coefficient (Wildman–Crippen LogP) is 2.72. The summed E-state index contributed by atoms with van der Waals surface area (Å²) < 4.78 is 1.97. The lowest BCUT2D eigenvalue weighted by Gasteiger charge is -2.34. The highest BCUT2D eigenvalue weighted by atomic mass is 15.3. The van der Waals surface area contributed by atoms with Crippen LogP contribution in [0.4, 0.5) is 11.6 Å². The summed E-state index contributed by atoms with van der Waals surface area (Å²) in [7, 11) is 0. The highest BCUT2D eigenvalue weighted by Gasteiger charge is 2.16. The van der Waals surface area contributed by atoms with Crippen molar-refractivity contribution in [2.45, 2.75) is 20.4 Å². The molecule has 0 aliphatic carbocycles. The standard InChI is InChI=1S/C21H27N7/c1-3-26-11-13-27(14-12-26)20-8-7-18(16-24-20)15-23-19-5-4-6-21(25-19)28-10-9-22-17(28)2/h4-10,16H,3,11-15H2,1-2H3,(H,23,25). The van der Waals surface area contributed by atoms with E-state index in [1.165, 1.54) is 0 Å². The zero-order chi connectivity index (χ0) is 19.3. The largest absolute Gasteiger partial charge is 0.366 e. The number of piperazine rings is 1. The molecule has 0 amide bonds. The van der Waals surface area contributed by atoms with Crippen molar-refractivity contribution in [1.82, 2.24) is 24.4 Å². The Morgan fingerprint density at radius 3 is 2.54 bits per heavy atom. The van der Waals surface area contributed by atoms with Gasteiger partial charge in [-0.3, -0.25) is 4.57 Å². The summed E-state index contributed by atoms with van der Waals surface area (Å²) in [4.78, 5) is 18.4. The van der Waals surface area contributed by atoms with Gasteiger partial charge >= 0.3 is 0 Å². The van der Waals surface area contributed by atoms with Crippen molar-refractivity contribution in [3.63, 3.8) is 0 Å². The molecule has 3 aromatic rings. The molecule has 1 fully saturated rings. The highest BCUT2D eigenvalue weighted by Crippen LogP contribution is 2.16. The number of nitrogens with zero attached hydrogens (tertiary/aromatic N) is 6. The van der Waals surface area contributed by atoms with Gasteiger partial charge in [-0.1, -0.05) is 19.1 Å². The molecule has 28 heavy (non-hydrogen) atoms. The Morgan fingerprint density at radius 1 is 1.00 bits per heavy atom. The lowest BCUT2D eigenvalue weighted by atomic mass is 10.2. The van der Waals surface area contributed by atoms with Gasteiger partial charge in [0.15, 0.2) is 0 Å². The molecule has 146 valence electrons. The molecule has 1 N–H and O–H groups in total. The molecule has 3 aromatic heterocycles. The summed E-state index contributed by atoms with van der Waals surface area (Å²) in [6.45, 7) is 10.3. The van der Waals surface area contributed by atoms with Crippen LogP contribution in [0.15, 0.2) is 48.9 Å². The van der Waals surface area contributed by atoms with Crippen LogP contribution in [0.25, 0.3) is 5.82 Å². The Labute approximate surface area is 166 Å². The van der Waals surface area contributed by atoms with Crippen molar-refractivity contribution in [2.24, 2.45) is 0 Å². The first-order chi connectivity index (χ1) is 13.7. The number of anilines is 2. The number of nitrogens with one attached hydrogen (secondary N) is 1. The third-order valence-electron chi connectivity index (χ3n) is 5.23. The molecule has 1 aliphatic heterocycles. The van der Waals surface area contributed by atoms with E-state index in [2.05, 4.69) is 49.1 Å². The number of aromatic nitrogens is 4. The van der Waals surface area contributed by atoms with Gasteiger partial charge < -0.3 is 15.1 Å². The van der Waals surface area contributed by atoms with E-state index in [4.69, 9.17) is 0 Å². The van der Waals surface area contributed by atoms with Crippen molar-refractivity contribution in [1.29, 1.82) is 0 Å². The van der Waals surface area contributed by atoms with E-state index < -0.39 is 0 Å². The number of hydrogen-bond acceptors (Lipinski definition) is 6. The second kappa shape index (κ2) is 8.39. The fourth-order valence-corrected chi connectivity index (χ4v) is 3.47. The summed E-state index contributed by atoms with van der Waals surface area (Å²) in [5.41, 5.74) is 1.14. The number of hydrogen-bond donors (Lipinski definition) is 1. The van der Waals surface area contributed by atoms with Crippen molar-refractivity contribution in [3.8, 4) is 5.82 Å². The summed E-state index contributed by atoms with van der Waals surface area (Å²) in [6, 6.07) is 10.2. The third-order valence-corrected chi connectivity index (χ3v) is 5.23. The second-order valence-corrected chi connectivity index (χ2v) is 7.02. The van der Waals surface area contributed by atoms with Crippen LogP contribution in [0.3, 0.4) is 0 Å². The Bertz CT molecular complexity index is 895. The van der Waals surface area contributed by atoms with E-state index in [1.807, 2.05) is 42.1 Å². The molecule has 4 rings (SSSR count). The molecule has 0 saturated carbocycles. The number of rotatable bonds is 6. The van der Waals surface area contributed by atoms with Crippen LogP contribution in [0.5, 0.6) is 0 Å². The topological polar surface area (TPSA) is 62.1 Å². The Balaban J connectivity index is 1.36. The molecule has 0 bridgehead atoms. The summed E-state index contributed by atoms with van der Waals surface area (Å²) in [6.07, 6.45) is 5.66. The summed E-state index contributed by atoms with van der Waals surface area (Å²) in [5, 5.41) is 3.39. The van der Waals surface area contributed by atoms with Crippen molar-refractivity contribution in [2.75, 3.05) is 42.9 Å². The molecule has 0 spiro atoms. The molecule has 7 heteroatoms. The smallest absolute Gasteiger partial charge is 0.140 e. The zero-order valence-electron chi connectivity index (χ0n) is 16.5. The lowest BCUT2D eigenvalue weighted by Crippen LogP contribution is -2.46. The average molecular weight is 377 g/mol. The van der Waals surface area contributed by atoms with Crippen LogP contribution in [0.1, 0.15) is 18.3 Å². The molecule has 1 aliphatic rings. The number of likely N-dealkylation sites (N-methyl/N-ethyl adjacent to an activating group) is 1. The van der Waals surface area contributed by atoms with E-state index >= 15 is 0 Å². The molecule has 0 atom stereocenters. The zero-order valence-corrected chi connectivity index (χ0v) is 16.5. The normalized spacial score (nSPS) is 15.0. The maximum atomic E-state index is 4.68. The van der Waals surface area contributed by atoms with Crippen LogP contribution >= 0.6 is 0 Å². The summed E-state index contributed by atoms with van der Waals surface area (Å²) >= 11 is 0. The van der Waals surface area contributed by atoms with Crippen molar-refractivity contribution >= 4 is 11.6 Å². The maximum absolute atomic E-state index is 4.68. The third kappa shape index (κ3) is 4.14. The van der Waals surface area contributed by atoms with Gasteiger partial charge in [0.25, 0.3) is 0 Å². The molecule has 4 heterocycles. The van der Waals surface area contributed by atoms with Crippen LogP contribution in [0, 0.1) is 6.92 Å². The Morgan fingerprint density at radius 2 is 1.86 bits per heavy atom. The van der Waals surface area contributed by atoms with E-state index in [0.717, 1.165) is 61.6 Å². The van der Waals surface area contributed by atoms with E-state index in [1.54, 1.807) is 6.20 Å². The minimum atomic E-state index is 0.691. The molecule has 0 aromatic carbocycles. The summed E-state index contributed by atoms with van der Waals surface area (Å²) in [5.74, 6) is 3.68. The molecule has 1 saturated heterocycles. The quantitative estimate of drug-likeness (QED) is 0.713. The molecule has 0 unspecified atom stereocenters. The fourth-order valence-electron chi connectivity index (χ4n) is 3.47. The van der Waals surface area contributed by atoms with Crippen LogP contribution in [-0.4, -0.2) is 57.1 Å². The highest BCUT2D eigenvalue weighted by molar-refractivity contribution is 5.43. The monoisotopic (exact) mass is 377 g/mol. The van der Waals surface area contributed by atoms with E-state index in [0.29, 0.717) is 6.54 Å². The number of pyridine rings is 2. The Kier molecular flexibility index (Phi) is 5.53. The van der Waals surface area contributed by atoms with Gasteiger partial charge in [0.1, 0.15) is 23.3 Å². The SMILES string of the molecule is CCN1CCN(c2ccc(CNc3cccc(-n4ccnc4C)n3)cn2)CC1. The average Bonchev–Trinajstić information content (AvgIpc) is 3.19. The van der Waals surface area contributed by atoms with Crippen LogP contribution < -0.4 is 10.2 Å². The molecule has 7 nitrogen and oxygen atoms in total. The van der Waals surface area contributed by atoms with E-state index in [9.17, 15) is 0 Å². The van der Waals surface area contributed by atoms with Gasteiger partial charge in [-0.05, 0) is 37.2 Å². The molecular formula is C21H27N7. The van der Waals surface area contributed by atoms with Gasteiger partial charge in [-0.15, -0.1) is 0 Å². The number of imidazole rings is 1.